The Morgan fingerprint density at radius 2 is 2.33 bits per heavy atom. The van der Waals surface area contributed by atoms with Gasteiger partial charge in [-0.3, -0.25) is 14.7 Å². The van der Waals surface area contributed by atoms with Gasteiger partial charge >= 0.3 is 5.97 Å². The zero-order valence-electron chi connectivity index (χ0n) is 8.01. The molecular formula is C9H11N3O3. The first kappa shape index (κ1) is 9.70. The number of carbonyl (C=O) groups excluding carboxylic acids is 1. The van der Waals surface area contributed by atoms with Crippen LogP contribution >= 0.6 is 0 Å². The lowest BCUT2D eigenvalue weighted by Gasteiger charge is -2.38. The first-order valence-electron chi connectivity index (χ1n) is 4.66. The van der Waals surface area contributed by atoms with E-state index in [9.17, 15) is 9.59 Å². The molecule has 0 radical (unpaired) electrons. The minimum atomic E-state index is -0.810. The molecular weight excluding hydrogens is 198 g/mol. The summed E-state index contributed by atoms with van der Waals surface area (Å²) in [6.45, 7) is 1.05. The molecule has 6 heteroatoms. The number of aromatic nitrogens is 2. The number of nitrogens with zero attached hydrogens (tertiary/aromatic N) is 2. The topological polar surface area (TPSA) is 86.3 Å². The van der Waals surface area contributed by atoms with Crippen LogP contribution in [0.2, 0.25) is 0 Å². The number of carbonyl (C=O) groups is 2. The molecule has 1 aromatic heterocycles. The summed E-state index contributed by atoms with van der Waals surface area (Å²) in [7, 11) is 0. The van der Waals surface area contributed by atoms with Gasteiger partial charge in [-0.05, 0) is 0 Å². The predicted octanol–water partition coefficient (Wildman–Crippen LogP) is -0.0436. The van der Waals surface area contributed by atoms with Crippen molar-refractivity contribution in [2.45, 2.75) is 6.42 Å². The quantitative estimate of drug-likeness (QED) is 0.731. The lowest BCUT2D eigenvalue weighted by atomic mass is 9.96. The number of likely N-dealkylation sites (tertiary alicyclic amines) is 1. The van der Waals surface area contributed by atoms with E-state index >= 15 is 0 Å². The molecule has 0 saturated carbocycles. The summed E-state index contributed by atoms with van der Waals surface area (Å²) in [5.74, 6) is -0.806. The molecule has 80 valence electrons. The predicted molar refractivity (Wildman–Crippen MR) is 50.2 cm³/mol. The van der Waals surface area contributed by atoms with Crippen LogP contribution in [-0.2, 0) is 4.79 Å². The Bertz CT molecular complexity index is 368. The largest absolute Gasteiger partial charge is 0.481 e. The van der Waals surface area contributed by atoms with E-state index < -0.39 is 5.97 Å². The van der Waals surface area contributed by atoms with Gasteiger partial charge < -0.3 is 10.0 Å². The third-order valence-electron chi connectivity index (χ3n) is 2.45. The molecule has 1 saturated heterocycles. The number of aromatic amines is 1. The molecule has 0 bridgehead atoms. The Balaban J connectivity index is 1.85. The SMILES string of the molecule is O=C(O)CC1CN(C(=O)c2cn[nH]c2)C1. The summed E-state index contributed by atoms with van der Waals surface area (Å²) < 4.78 is 0. The van der Waals surface area contributed by atoms with E-state index in [2.05, 4.69) is 10.2 Å². The lowest BCUT2D eigenvalue weighted by molar-refractivity contribution is -0.139. The highest BCUT2D eigenvalue weighted by atomic mass is 16.4. The summed E-state index contributed by atoms with van der Waals surface area (Å²) in [5, 5.41) is 14.8. The molecule has 2 heterocycles. The van der Waals surface area contributed by atoms with Crippen LogP contribution < -0.4 is 0 Å². The summed E-state index contributed by atoms with van der Waals surface area (Å²) in [6.07, 6.45) is 3.13. The number of aliphatic carboxylic acids is 1. The zero-order chi connectivity index (χ0) is 10.8. The molecule has 0 aliphatic carbocycles. The van der Waals surface area contributed by atoms with Crippen LogP contribution in [0, 0.1) is 5.92 Å². The second kappa shape index (κ2) is 3.72. The fraction of sp³-hybridized carbons (Fsp3) is 0.444. The van der Waals surface area contributed by atoms with E-state index in [1.165, 1.54) is 12.4 Å². The van der Waals surface area contributed by atoms with Gasteiger partial charge in [0.1, 0.15) is 0 Å². The number of carboxylic acids is 1. The number of hydrogen-bond acceptors (Lipinski definition) is 3. The van der Waals surface area contributed by atoms with Gasteiger partial charge in [0, 0.05) is 25.2 Å². The Labute approximate surface area is 85.9 Å². The van der Waals surface area contributed by atoms with E-state index in [1.807, 2.05) is 0 Å². The molecule has 0 aromatic carbocycles. The number of H-pyrrole nitrogens is 1. The molecule has 2 rings (SSSR count). The van der Waals surface area contributed by atoms with Crippen LogP contribution in [0.4, 0.5) is 0 Å². The Kier molecular flexibility index (Phi) is 2.40. The normalized spacial score (nSPS) is 16.1. The Hall–Kier alpha value is -1.85. The number of nitrogens with one attached hydrogen (secondary N) is 1. The molecule has 1 aliphatic rings. The molecule has 0 spiro atoms. The highest BCUT2D eigenvalue weighted by Gasteiger charge is 2.32. The van der Waals surface area contributed by atoms with Crippen molar-refractivity contribution in [3.8, 4) is 0 Å². The average Bonchev–Trinajstić information content (AvgIpc) is 2.61. The van der Waals surface area contributed by atoms with Gasteiger partial charge in [0.2, 0.25) is 0 Å². The maximum Gasteiger partial charge on any atom is 0.303 e. The zero-order valence-corrected chi connectivity index (χ0v) is 8.01. The Morgan fingerprint density at radius 1 is 1.60 bits per heavy atom. The molecule has 0 atom stereocenters. The monoisotopic (exact) mass is 209 g/mol. The van der Waals surface area contributed by atoms with Crippen molar-refractivity contribution >= 4 is 11.9 Å². The van der Waals surface area contributed by atoms with Gasteiger partial charge in [-0.2, -0.15) is 5.10 Å². The molecule has 1 aliphatic heterocycles. The molecule has 1 fully saturated rings. The van der Waals surface area contributed by atoms with Crippen molar-refractivity contribution in [1.82, 2.24) is 15.1 Å². The molecule has 15 heavy (non-hydrogen) atoms. The van der Waals surface area contributed by atoms with Gasteiger partial charge in [0.15, 0.2) is 0 Å². The van der Waals surface area contributed by atoms with Gasteiger partial charge in [-0.1, -0.05) is 0 Å². The molecule has 1 amide bonds. The van der Waals surface area contributed by atoms with Crippen molar-refractivity contribution < 1.29 is 14.7 Å². The minimum absolute atomic E-state index is 0.0922. The minimum Gasteiger partial charge on any atom is -0.481 e. The second-order valence-corrected chi connectivity index (χ2v) is 3.66. The van der Waals surface area contributed by atoms with Crippen molar-refractivity contribution in [2.24, 2.45) is 5.92 Å². The van der Waals surface area contributed by atoms with Crippen LogP contribution in [0.3, 0.4) is 0 Å². The standard InChI is InChI=1S/C9H11N3O3/c13-8(14)1-6-4-12(5-6)9(15)7-2-10-11-3-7/h2-3,6H,1,4-5H2,(H,10,11)(H,13,14). The third-order valence-corrected chi connectivity index (χ3v) is 2.45. The van der Waals surface area contributed by atoms with Crippen molar-refractivity contribution in [3.63, 3.8) is 0 Å². The van der Waals surface area contributed by atoms with Gasteiger partial charge in [0.25, 0.3) is 5.91 Å². The summed E-state index contributed by atoms with van der Waals surface area (Å²) in [6, 6.07) is 0. The number of amides is 1. The maximum atomic E-state index is 11.6. The van der Waals surface area contributed by atoms with E-state index in [0.29, 0.717) is 18.7 Å². The van der Waals surface area contributed by atoms with Crippen LogP contribution in [0.5, 0.6) is 0 Å². The number of hydrogen-bond donors (Lipinski definition) is 2. The fourth-order valence-corrected chi connectivity index (χ4v) is 1.66. The first-order valence-corrected chi connectivity index (χ1v) is 4.66. The van der Waals surface area contributed by atoms with E-state index in [4.69, 9.17) is 5.11 Å². The molecule has 1 aromatic rings. The smallest absolute Gasteiger partial charge is 0.303 e. The van der Waals surface area contributed by atoms with Crippen LogP contribution in [-0.4, -0.2) is 45.2 Å². The highest BCUT2D eigenvalue weighted by Crippen LogP contribution is 2.20. The van der Waals surface area contributed by atoms with E-state index in [-0.39, 0.29) is 18.2 Å². The van der Waals surface area contributed by atoms with Crippen molar-refractivity contribution in [3.05, 3.63) is 18.0 Å². The summed E-state index contributed by atoms with van der Waals surface area (Å²) in [5.41, 5.74) is 0.517. The molecule has 0 unspecified atom stereocenters. The number of carboxylic acid groups (broad SMARTS) is 1. The fourth-order valence-electron chi connectivity index (χ4n) is 1.66. The lowest BCUT2D eigenvalue weighted by Crippen LogP contribution is -2.50. The maximum absolute atomic E-state index is 11.6. The average molecular weight is 209 g/mol. The van der Waals surface area contributed by atoms with Gasteiger partial charge in [-0.25, -0.2) is 0 Å². The van der Waals surface area contributed by atoms with Crippen molar-refractivity contribution in [1.29, 1.82) is 0 Å². The van der Waals surface area contributed by atoms with E-state index in [1.54, 1.807) is 4.90 Å². The third kappa shape index (κ3) is 1.98. The molecule has 6 nitrogen and oxygen atoms in total. The first-order chi connectivity index (χ1) is 7.16. The second-order valence-electron chi connectivity index (χ2n) is 3.66. The number of rotatable bonds is 3. The van der Waals surface area contributed by atoms with E-state index in [0.717, 1.165) is 0 Å². The molecule has 2 N–H and O–H groups in total. The van der Waals surface area contributed by atoms with Crippen LogP contribution in [0.1, 0.15) is 16.8 Å². The Morgan fingerprint density at radius 3 is 2.87 bits per heavy atom. The highest BCUT2D eigenvalue weighted by molar-refractivity contribution is 5.94. The van der Waals surface area contributed by atoms with Crippen LogP contribution in [0.25, 0.3) is 0 Å². The summed E-state index contributed by atoms with van der Waals surface area (Å²) in [4.78, 5) is 23.7. The van der Waals surface area contributed by atoms with Crippen molar-refractivity contribution in [2.75, 3.05) is 13.1 Å². The van der Waals surface area contributed by atoms with Gasteiger partial charge in [-0.15, -0.1) is 0 Å². The van der Waals surface area contributed by atoms with Gasteiger partial charge in [0.05, 0.1) is 18.2 Å². The summed E-state index contributed by atoms with van der Waals surface area (Å²) >= 11 is 0. The van der Waals surface area contributed by atoms with Crippen LogP contribution in [0.15, 0.2) is 12.4 Å².